The highest BCUT2D eigenvalue weighted by Gasteiger charge is 2.51. The zero-order valence-corrected chi connectivity index (χ0v) is 17.1. The minimum Gasteiger partial charge on any atom is -0.486 e. The summed E-state index contributed by atoms with van der Waals surface area (Å²) in [5, 5.41) is 5.34. The first kappa shape index (κ1) is 21.0. The largest absolute Gasteiger partial charge is 0.486 e. The van der Waals surface area contributed by atoms with E-state index in [1.807, 2.05) is 12.1 Å². The lowest BCUT2D eigenvalue weighted by molar-refractivity contribution is -0.151. The Labute approximate surface area is 179 Å². The van der Waals surface area contributed by atoms with E-state index >= 15 is 0 Å². The average Bonchev–Trinajstić information content (AvgIpc) is 3.00. The van der Waals surface area contributed by atoms with E-state index < -0.39 is 42.5 Å². The van der Waals surface area contributed by atoms with Gasteiger partial charge < -0.3 is 24.8 Å². The maximum Gasteiger partial charge on any atom is 0.326 e. The molecule has 2 aliphatic heterocycles. The van der Waals surface area contributed by atoms with Crippen LogP contribution < -0.4 is 20.1 Å². The van der Waals surface area contributed by atoms with Crippen LogP contribution in [0.5, 0.6) is 11.5 Å². The topological polar surface area (TPSA) is 123 Å². The highest BCUT2D eigenvalue weighted by atomic mass is 16.6. The van der Waals surface area contributed by atoms with Crippen molar-refractivity contribution in [1.82, 2.24) is 15.5 Å². The number of hydrogen-bond acceptors (Lipinski definition) is 7. The summed E-state index contributed by atoms with van der Waals surface area (Å²) in [6.45, 7) is -0.570. The van der Waals surface area contributed by atoms with E-state index in [2.05, 4.69) is 10.6 Å². The lowest BCUT2D eigenvalue weighted by Gasteiger charge is -2.30. The summed E-state index contributed by atoms with van der Waals surface area (Å²) in [6, 6.07) is 6.64. The van der Waals surface area contributed by atoms with Gasteiger partial charge in [0.2, 0.25) is 0 Å². The van der Waals surface area contributed by atoms with Crippen LogP contribution in [-0.2, 0) is 19.1 Å². The first-order chi connectivity index (χ1) is 15.0. The molecule has 1 aromatic carbocycles. The molecule has 1 aromatic rings. The number of hydrogen-bond donors (Lipinski definition) is 2. The van der Waals surface area contributed by atoms with Gasteiger partial charge in [-0.25, -0.2) is 4.79 Å². The van der Waals surface area contributed by atoms with Crippen molar-refractivity contribution in [2.24, 2.45) is 0 Å². The van der Waals surface area contributed by atoms with Gasteiger partial charge in [0, 0.05) is 0 Å². The number of para-hydroxylation sites is 2. The molecule has 0 unspecified atom stereocenters. The fourth-order valence-corrected chi connectivity index (χ4v) is 4.08. The molecule has 3 aliphatic rings. The van der Waals surface area contributed by atoms with Gasteiger partial charge in [-0.3, -0.25) is 19.3 Å². The molecule has 2 heterocycles. The van der Waals surface area contributed by atoms with Gasteiger partial charge in [-0.05, 0) is 25.0 Å². The van der Waals surface area contributed by atoms with Gasteiger partial charge in [0.05, 0.1) is 6.54 Å². The molecule has 4 amide bonds. The predicted octanol–water partition coefficient (Wildman–Crippen LogP) is 0.741. The van der Waals surface area contributed by atoms with Crippen LogP contribution in [0.25, 0.3) is 0 Å². The number of ether oxygens (including phenoxy) is 3. The number of nitrogens with one attached hydrogen (secondary N) is 2. The fourth-order valence-electron chi connectivity index (χ4n) is 4.08. The van der Waals surface area contributed by atoms with Crippen LogP contribution in [0, 0.1) is 0 Å². The van der Waals surface area contributed by atoms with Crippen LogP contribution in [0.3, 0.4) is 0 Å². The molecule has 2 fully saturated rings. The molecule has 2 N–H and O–H groups in total. The SMILES string of the molecule is O=C(COC(=O)CN1C(=O)NC2(CCCCC2)C1=O)NC[C@@H]1COc2ccccc2O1. The third-order valence-electron chi connectivity index (χ3n) is 5.70. The second-order valence-electron chi connectivity index (χ2n) is 7.93. The van der Waals surface area contributed by atoms with Crippen molar-refractivity contribution in [3.8, 4) is 11.5 Å². The number of fused-ring (bicyclic) bond motifs is 1. The van der Waals surface area contributed by atoms with Crippen molar-refractivity contribution < 1.29 is 33.4 Å². The van der Waals surface area contributed by atoms with Crippen LogP contribution in [0.15, 0.2) is 24.3 Å². The molecule has 10 heteroatoms. The van der Waals surface area contributed by atoms with Crippen LogP contribution in [0.1, 0.15) is 32.1 Å². The first-order valence-corrected chi connectivity index (χ1v) is 10.4. The van der Waals surface area contributed by atoms with Crippen LogP contribution in [0.2, 0.25) is 0 Å². The van der Waals surface area contributed by atoms with Crippen LogP contribution in [-0.4, -0.2) is 66.7 Å². The molecule has 1 atom stereocenters. The zero-order valence-electron chi connectivity index (χ0n) is 17.1. The van der Waals surface area contributed by atoms with Gasteiger partial charge in [-0.2, -0.15) is 0 Å². The minimum atomic E-state index is -0.895. The number of carbonyl (C=O) groups excluding carboxylic acids is 4. The minimum absolute atomic E-state index is 0.181. The van der Waals surface area contributed by atoms with Crippen molar-refractivity contribution in [3.63, 3.8) is 0 Å². The zero-order chi connectivity index (χ0) is 21.8. The van der Waals surface area contributed by atoms with Crippen molar-refractivity contribution in [1.29, 1.82) is 0 Å². The Morgan fingerprint density at radius 2 is 1.90 bits per heavy atom. The van der Waals surface area contributed by atoms with Gasteiger partial charge in [0.15, 0.2) is 18.1 Å². The van der Waals surface area contributed by atoms with Gasteiger partial charge in [0.1, 0.15) is 24.8 Å². The third kappa shape index (κ3) is 4.57. The molecule has 1 spiro atoms. The number of esters is 1. The quantitative estimate of drug-likeness (QED) is 0.503. The summed E-state index contributed by atoms with van der Waals surface area (Å²) in [5.41, 5.74) is -0.895. The fraction of sp³-hybridized carbons (Fsp3) is 0.524. The summed E-state index contributed by atoms with van der Waals surface area (Å²) < 4.78 is 16.2. The highest BCUT2D eigenvalue weighted by molar-refractivity contribution is 6.08. The number of rotatable bonds is 6. The Morgan fingerprint density at radius 3 is 2.68 bits per heavy atom. The molecule has 166 valence electrons. The molecule has 1 saturated carbocycles. The lowest BCUT2D eigenvalue weighted by Crippen LogP contribution is -2.48. The molecule has 10 nitrogen and oxygen atoms in total. The smallest absolute Gasteiger partial charge is 0.326 e. The van der Waals surface area contributed by atoms with E-state index in [-0.39, 0.29) is 19.3 Å². The van der Waals surface area contributed by atoms with Gasteiger partial charge in [0.25, 0.3) is 11.8 Å². The summed E-state index contributed by atoms with van der Waals surface area (Å²) in [7, 11) is 0. The number of imide groups is 1. The molecule has 1 saturated heterocycles. The number of carbonyl (C=O) groups is 4. The van der Waals surface area contributed by atoms with Crippen molar-refractivity contribution in [2.45, 2.75) is 43.7 Å². The van der Waals surface area contributed by atoms with E-state index in [0.717, 1.165) is 24.2 Å². The number of amides is 4. The van der Waals surface area contributed by atoms with Crippen molar-refractivity contribution in [2.75, 3.05) is 26.3 Å². The summed E-state index contributed by atoms with van der Waals surface area (Å²) in [5.74, 6) is -0.485. The summed E-state index contributed by atoms with van der Waals surface area (Å²) in [4.78, 5) is 49.8. The van der Waals surface area contributed by atoms with Crippen molar-refractivity contribution >= 4 is 23.8 Å². The van der Waals surface area contributed by atoms with E-state index in [1.54, 1.807) is 12.1 Å². The second-order valence-corrected chi connectivity index (χ2v) is 7.93. The molecule has 0 radical (unpaired) electrons. The van der Waals surface area contributed by atoms with E-state index in [1.165, 1.54) is 0 Å². The Balaban J connectivity index is 1.19. The maximum atomic E-state index is 12.7. The second kappa shape index (κ2) is 8.83. The van der Waals surface area contributed by atoms with Gasteiger partial charge >= 0.3 is 12.0 Å². The molecular formula is C21H25N3O7. The molecule has 0 aromatic heterocycles. The summed E-state index contributed by atoms with van der Waals surface area (Å²) in [6.07, 6.45) is 3.50. The van der Waals surface area contributed by atoms with Crippen molar-refractivity contribution in [3.05, 3.63) is 24.3 Å². The first-order valence-electron chi connectivity index (χ1n) is 10.4. The Morgan fingerprint density at radius 1 is 1.16 bits per heavy atom. The van der Waals surface area contributed by atoms with Crippen LogP contribution in [0.4, 0.5) is 4.79 Å². The lowest BCUT2D eigenvalue weighted by atomic mass is 9.82. The number of nitrogens with zero attached hydrogens (tertiary/aromatic N) is 1. The molecular weight excluding hydrogens is 406 g/mol. The van der Waals surface area contributed by atoms with Gasteiger partial charge in [-0.15, -0.1) is 0 Å². The normalized spacial score (nSPS) is 21.5. The predicted molar refractivity (Wildman–Crippen MR) is 106 cm³/mol. The monoisotopic (exact) mass is 431 g/mol. The standard InChI is InChI=1S/C21H25N3O7/c25-17(22-10-14-12-29-15-6-2-3-7-16(15)31-14)13-30-18(26)11-24-19(27)21(23-20(24)28)8-4-1-5-9-21/h2-3,6-7,14H,1,4-5,8-13H2,(H,22,25)(H,23,28)/t14-/m1/s1. The Hall–Kier alpha value is -3.30. The van der Waals surface area contributed by atoms with Crippen LogP contribution >= 0.6 is 0 Å². The molecule has 1 aliphatic carbocycles. The number of benzene rings is 1. The third-order valence-corrected chi connectivity index (χ3v) is 5.70. The van der Waals surface area contributed by atoms with Gasteiger partial charge in [-0.1, -0.05) is 31.4 Å². The Kier molecular flexibility index (Phi) is 5.97. The van der Waals surface area contributed by atoms with E-state index in [0.29, 0.717) is 24.3 Å². The Bertz CT molecular complexity index is 881. The maximum absolute atomic E-state index is 12.7. The highest BCUT2D eigenvalue weighted by Crippen LogP contribution is 2.33. The van der Waals surface area contributed by atoms with E-state index in [4.69, 9.17) is 14.2 Å². The number of urea groups is 1. The van der Waals surface area contributed by atoms with E-state index in [9.17, 15) is 19.2 Å². The average molecular weight is 431 g/mol. The molecule has 31 heavy (non-hydrogen) atoms. The molecule has 4 rings (SSSR count). The summed E-state index contributed by atoms with van der Waals surface area (Å²) >= 11 is 0. The molecule has 0 bridgehead atoms.